The van der Waals surface area contributed by atoms with Gasteiger partial charge in [0, 0.05) is 35.7 Å². The van der Waals surface area contributed by atoms with E-state index in [2.05, 4.69) is 49.4 Å². The Balaban J connectivity index is 2.24. The largest absolute Gasteiger partial charge is 0.497 e. The highest BCUT2D eigenvalue weighted by atomic mass is 16.5. The Morgan fingerprint density at radius 1 is 1.38 bits per heavy atom. The van der Waals surface area contributed by atoms with Crippen molar-refractivity contribution in [2.75, 3.05) is 20.2 Å². The molecule has 0 aliphatic carbocycles. The number of fused-ring (bicyclic) bond motifs is 1. The van der Waals surface area contributed by atoms with E-state index in [1.54, 1.807) is 7.11 Å². The first-order valence-electron chi connectivity index (χ1n) is 7.57. The second-order valence-corrected chi connectivity index (χ2v) is 5.77. The van der Waals surface area contributed by atoms with Gasteiger partial charge in [0.1, 0.15) is 5.75 Å². The second kappa shape index (κ2) is 6.81. The summed E-state index contributed by atoms with van der Waals surface area (Å²) in [5.41, 5.74) is 3.82. The lowest BCUT2D eigenvalue weighted by atomic mass is 10.1. The average Bonchev–Trinajstić information content (AvgIpc) is 2.77. The fraction of sp³-hybridized carbons (Fsp3) is 0.444. The van der Waals surface area contributed by atoms with Crippen molar-refractivity contribution in [1.82, 2.24) is 9.88 Å². The van der Waals surface area contributed by atoms with E-state index in [-0.39, 0.29) is 0 Å². The summed E-state index contributed by atoms with van der Waals surface area (Å²) in [4.78, 5) is 5.91. The van der Waals surface area contributed by atoms with Crippen LogP contribution >= 0.6 is 0 Å². The van der Waals surface area contributed by atoms with Crippen molar-refractivity contribution in [2.24, 2.45) is 0 Å². The van der Waals surface area contributed by atoms with Gasteiger partial charge in [-0.1, -0.05) is 6.08 Å². The molecule has 0 fully saturated rings. The summed E-state index contributed by atoms with van der Waals surface area (Å²) in [6.07, 6.45) is 3.01. The van der Waals surface area contributed by atoms with Gasteiger partial charge in [0.2, 0.25) is 0 Å². The fourth-order valence-corrected chi connectivity index (χ4v) is 2.79. The quantitative estimate of drug-likeness (QED) is 0.781. The van der Waals surface area contributed by atoms with Crippen LogP contribution in [0, 0.1) is 6.92 Å². The van der Waals surface area contributed by atoms with Crippen LogP contribution in [0.4, 0.5) is 0 Å². The minimum Gasteiger partial charge on any atom is -0.497 e. The van der Waals surface area contributed by atoms with Gasteiger partial charge >= 0.3 is 0 Å². The minimum atomic E-state index is 0.531. The summed E-state index contributed by atoms with van der Waals surface area (Å²) in [7, 11) is 1.71. The van der Waals surface area contributed by atoms with Crippen LogP contribution in [0.25, 0.3) is 10.9 Å². The van der Waals surface area contributed by atoms with E-state index in [4.69, 9.17) is 4.74 Å². The molecule has 1 heterocycles. The van der Waals surface area contributed by atoms with Gasteiger partial charge in [-0.25, -0.2) is 0 Å². The van der Waals surface area contributed by atoms with Crippen molar-refractivity contribution < 1.29 is 4.74 Å². The average molecular weight is 286 g/mol. The number of rotatable bonds is 7. The lowest BCUT2D eigenvalue weighted by Crippen LogP contribution is -2.32. The first-order valence-corrected chi connectivity index (χ1v) is 7.57. The van der Waals surface area contributed by atoms with E-state index in [1.165, 1.54) is 22.2 Å². The number of benzene rings is 1. The molecule has 0 radical (unpaired) electrons. The number of hydrogen-bond donors (Lipinski definition) is 1. The summed E-state index contributed by atoms with van der Waals surface area (Å²) in [5.74, 6) is 0.912. The lowest BCUT2D eigenvalue weighted by molar-refractivity contribution is 0.249. The first-order chi connectivity index (χ1) is 10.1. The monoisotopic (exact) mass is 286 g/mol. The van der Waals surface area contributed by atoms with Crippen molar-refractivity contribution in [2.45, 2.75) is 33.2 Å². The van der Waals surface area contributed by atoms with Crippen LogP contribution in [0.3, 0.4) is 0 Å². The van der Waals surface area contributed by atoms with E-state index >= 15 is 0 Å². The predicted octanol–water partition coefficient (Wildman–Crippen LogP) is 3.92. The molecule has 0 saturated carbocycles. The molecule has 1 N–H and O–H groups in total. The molecule has 0 atom stereocenters. The Bertz CT molecular complexity index is 613. The Morgan fingerprint density at radius 3 is 2.76 bits per heavy atom. The topological polar surface area (TPSA) is 28.3 Å². The van der Waals surface area contributed by atoms with E-state index in [0.717, 1.165) is 25.3 Å². The van der Waals surface area contributed by atoms with Gasteiger partial charge in [0.25, 0.3) is 0 Å². The summed E-state index contributed by atoms with van der Waals surface area (Å²) in [5, 5.41) is 1.27. The van der Waals surface area contributed by atoms with Crippen LogP contribution in [0.1, 0.15) is 25.1 Å². The SMILES string of the molecule is C=CCN(CCc1c(C)[nH]c2ccc(OC)cc12)C(C)C. The molecule has 1 aromatic carbocycles. The van der Waals surface area contributed by atoms with Gasteiger partial charge in [-0.05, 0) is 51.0 Å². The van der Waals surface area contributed by atoms with Crippen LogP contribution in [-0.2, 0) is 6.42 Å². The number of nitrogens with one attached hydrogen (secondary N) is 1. The molecule has 3 heteroatoms. The maximum atomic E-state index is 5.35. The number of aromatic amines is 1. The molecule has 0 spiro atoms. The van der Waals surface area contributed by atoms with Crippen LogP contribution in [0.5, 0.6) is 5.75 Å². The normalized spacial score (nSPS) is 11.5. The van der Waals surface area contributed by atoms with Gasteiger partial charge in [-0.3, -0.25) is 4.90 Å². The molecular weight excluding hydrogens is 260 g/mol. The Hall–Kier alpha value is -1.74. The zero-order valence-electron chi connectivity index (χ0n) is 13.6. The van der Waals surface area contributed by atoms with Crippen molar-refractivity contribution in [3.8, 4) is 5.75 Å². The highest BCUT2D eigenvalue weighted by Gasteiger charge is 2.13. The minimum absolute atomic E-state index is 0.531. The van der Waals surface area contributed by atoms with Gasteiger partial charge < -0.3 is 9.72 Å². The molecule has 0 saturated heterocycles. The molecular formula is C18H26N2O. The van der Waals surface area contributed by atoms with E-state index < -0.39 is 0 Å². The summed E-state index contributed by atoms with van der Waals surface area (Å²) >= 11 is 0. The van der Waals surface area contributed by atoms with Crippen molar-refractivity contribution in [3.05, 3.63) is 42.1 Å². The number of methoxy groups -OCH3 is 1. The van der Waals surface area contributed by atoms with Gasteiger partial charge in [0.05, 0.1) is 7.11 Å². The van der Waals surface area contributed by atoms with Crippen LogP contribution < -0.4 is 4.74 Å². The summed E-state index contributed by atoms with van der Waals surface area (Å²) in [6.45, 7) is 12.4. The molecule has 3 nitrogen and oxygen atoms in total. The highest BCUT2D eigenvalue weighted by molar-refractivity contribution is 5.86. The summed E-state index contributed by atoms with van der Waals surface area (Å²) < 4.78 is 5.35. The smallest absolute Gasteiger partial charge is 0.119 e. The van der Waals surface area contributed by atoms with Crippen LogP contribution in [0.15, 0.2) is 30.9 Å². The molecule has 2 rings (SSSR count). The maximum Gasteiger partial charge on any atom is 0.119 e. The number of H-pyrrole nitrogens is 1. The number of nitrogens with zero attached hydrogens (tertiary/aromatic N) is 1. The fourth-order valence-electron chi connectivity index (χ4n) is 2.79. The molecule has 2 aromatic rings. The van der Waals surface area contributed by atoms with E-state index in [9.17, 15) is 0 Å². The molecule has 0 bridgehead atoms. The number of aromatic nitrogens is 1. The number of hydrogen-bond acceptors (Lipinski definition) is 2. The first kappa shape index (κ1) is 15.6. The van der Waals surface area contributed by atoms with Crippen LogP contribution in [-0.4, -0.2) is 36.1 Å². The summed E-state index contributed by atoms with van der Waals surface area (Å²) in [6, 6.07) is 6.75. The lowest BCUT2D eigenvalue weighted by Gasteiger charge is -2.25. The van der Waals surface area contributed by atoms with Gasteiger partial charge in [0.15, 0.2) is 0 Å². The molecule has 114 valence electrons. The number of aryl methyl sites for hydroxylation is 1. The Labute approximate surface area is 127 Å². The van der Waals surface area contributed by atoms with Gasteiger partial charge in [-0.15, -0.1) is 6.58 Å². The standard InChI is InChI=1S/C18H26N2O/c1-6-10-20(13(2)3)11-9-16-14(4)19-18-8-7-15(21-5)12-17(16)18/h6-8,12-13,19H,1,9-11H2,2-5H3. The van der Waals surface area contributed by atoms with Crippen molar-refractivity contribution >= 4 is 10.9 Å². The van der Waals surface area contributed by atoms with Crippen molar-refractivity contribution in [1.29, 1.82) is 0 Å². The molecule has 1 aromatic heterocycles. The highest BCUT2D eigenvalue weighted by Crippen LogP contribution is 2.27. The van der Waals surface area contributed by atoms with E-state index in [0.29, 0.717) is 6.04 Å². The predicted molar refractivity (Wildman–Crippen MR) is 90.2 cm³/mol. The van der Waals surface area contributed by atoms with E-state index in [1.807, 2.05) is 12.1 Å². The third-order valence-electron chi connectivity index (χ3n) is 4.07. The molecule has 0 amide bonds. The molecule has 0 aliphatic heterocycles. The zero-order valence-corrected chi connectivity index (χ0v) is 13.6. The second-order valence-electron chi connectivity index (χ2n) is 5.77. The van der Waals surface area contributed by atoms with Crippen LogP contribution in [0.2, 0.25) is 0 Å². The Kier molecular flexibility index (Phi) is 5.07. The zero-order chi connectivity index (χ0) is 15.4. The maximum absolute atomic E-state index is 5.35. The molecule has 0 unspecified atom stereocenters. The molecule has 0 aliphatic rings. The van der Waals surface area contributed by atoms with Crippen molar-refractivity contribution in [3.63, 3.8) is 0 Å². The number of ether oxygens (including phenoxy) is 1. The Morgan fingerprint density at radius 2 is 2.14 bits per heavy atom. The third-order valence-corrected chi connectivity index (χ3v) is 4.07. The third kappa shape index (κ3) is 3.48. The van der Waals surface area contributed by atoms with Gasteiger partial charge in [-0.2, -0.15) is 0 Å². The molecule has 21 heavy (non-hydrogen) atoms.